The second-order valence-electron chi connectivity index (χ2n) is 5.39. The number of rotatable bonds is 6. The zero-order valence-electron chi connectivity index (χ0n) is 13.1. The van der Waals surface area contributed by atoms with Crippen LogP contribution in [0.25, 0.3) is 10.2 Å². The fourth-order valence-corrected chi connectivity index (χ4v) is 3.26. The molecule has 0 aromatic carbocycles. The highest BCUT2D eigenvalue weighted by atomic mass is 32.1. The van der Waals surface area contributed by atoms with Gasteiger partial charge in [0, 0.05) is 6.54 Å². The number of amides is 1. The lowest BCUT2D eigenvalue weighted by Gasteiger charge is -2.07. The van der Waals surface area contributed by atoms with Gasteiger partial charge >= 0.3 is 5.97 Å². The van der Waals surface area contributed by atoms with Crippen molar-refractivity contribution in [3.8, 4) is 0 Å². The van der Waals surface area contributed by atoms with Crippen LogP contribution >= 0.6 is 11.3 Å². The summed E-state index contributed by atoms with van der Waals surface area (Å²) in [7, 11) is 3.73. The molecule has 0 bridgehead atoms. The lowest BCUT2D eigenvalue weighted by Crippen LogP contribution is -2.25. The fraction of sp³-hybridized carbons (Fsp3) is 0.429. The summed E-state index contributed by atoms with van der Waals surface area (Å²) >= 11 is 1.14. The number of H-pyrrole nitrogens is 1. The van der Waals surface area contributed by atoms with Crippen molar-refractivity contribution in [2.75, 3.05) is 20.6 Å². The number of aliphatic carboxylic acids is 1. The van der Waals surface area contributed by atoms with E-state index in [2.05, 4.69) is 15.3 Å². The molecular weight excluding hydrogens is 320 g/mol. The summed E-state index contributed by atoms with van der Waals surface area (Å²) in [5, 5.41) is 11.5. The fourth-order valence-electron chi connectivity index (χ4n) is 2.14. The smallest absolute Gasteiger partial charge is 0.305 e. The first-order valence-electron chi connectivity index (χ1n) is 6.96. The highest BCUT2D eigenvalue weighted by Gasteiger charge is 2.19. The van der Waals surface area contributed by atoms with E-state index in [1.165, 1.54) is 0 Å². The minimum atomic E-state index is -0.982. The summed E-state index contributed by atoms with van der Waals surface area (Å²) in [6, 6.07) is 0. The normalized spacial score (nSPS) is 11.1. The number of nitrogens with one attached hydrogen (secondary N) is 2. The molecule has 124 valence electrons. The molecular formula is C14H18N4O4S. The van der Waals surface area contributed by atoms with Crippen molar-refractivity contribution in [2.24, 2.45) is 0 Å². The van der Waals surface area contributed by atoms with Gasteiger partial charge < -0.3 is 20.3 Å². The Hall–Kier alpha value is -2.26. The predicted octanol–water partition coefficient (Wildman–Crippen LogP) is 0.559. The molecule has 9 heteroatoms. The number of hydrogen-bond acceptors (Lipinski definition) is 6. The van der Waals surface area contributed by atoms with Crippen LogP contribution in [0.5, 0.6) is 0 Å². The Morgan fingerprint density at radius 2 is 2.09 bits per heavy atom. The largest absolute Gasteiger partial charge is 0.481 e. The molecule has 0 atom stereocenters. The molecule has 0 aliphatic carbocycles. The van der Waals surface area contributed by atoms with Crippen molar-refractivity contribution in [1.29, 1.82) is 0 Å². The number of carboxylic acids is 1. The molecule has 2 rings (SSSR count). The van der Waals surface area contributed by atoms with E-state index >= 15 is 0 Å². The standard InChI is InChI=1S/C14H18N4O4S/c1-7-10-12(21)16-8(6-18(2)3)17-14(10)23-11(7)13(22)15-5-4-9(19)20/h4-6H2,1-3H3,(H,15,22)(H,19,20)(H,16,17,21). The SMILES string of the molecule is Cc1c(C(=O)NCCC(=O)O)sc2nc(CN(C)C)[nH]c(=O)c12. The van der Waals surface area contributed by atoms with Crippen LogP contribution in [-0.2, 0) is 11.3 Å². The maximum Gasteiger partial charge on any atom is 0.305 e. The molecule has 1 amide bonds. The van der Waals surface area contributed by atoms with Gasteiger partial charge in [0.1, 0.15) is 10.7 Å². The second-order valence-corrected chi connectivity index (χ2v) is 6.39. The number of aryl methyl sites for hydroxylation is 1. The van der Waals surface area contributed by atoms with Crippen LogP contribution in [0, 0.1) is 6.92 Å². The summed E-state index contributed by atoms with van der Waals surface area (Å²) in [5.74, 6) is -0.836. The van der Waals surface area contributed by atoms with Gasteiger partial charge in [-0.1, -0.05) is 0 Å². The van der Waals surface area contributed by atoms with Crippen molar-refractivity contribution >= 4 is 33.4 Å². The number of nitrogens with zero attached hydrogens (tertiary/aromatic N) is 2. The van der Waals surface area contributed by atoms with Crippen molar-refractivity contribution in [2.45, 2.75) is 19.9 Å². The minimum Gasteiger partial charge on any atom is -0.481 e. The van der Waals surface area contributed by atoms with Gasteiger partial charge in [-0.2, -0.15) is 0 Å². The quantitative estimate of drug-likeness (QED) is 0.709. The lowest BCUT2D eigenvalue weighted by molar-refractivity contribution is -0.136. The number of fused-ring (bicyclic) bond motifs is 1. The van der Waals surface area contributed by atoms with Crippen molar-refractivity contribution in [3.63, 3.8) is 0 Å². The number of carbonyl (C=O) groups excluding carboxylic acids is 1. The molecule has 0 aliphatic heterocycles. The zero-order chi connectivity index (χ0) is 17.1. The molecule has 0 unspecified atom stereocenters. The number of thiophene rings is 1. The van der Waals surface area contributed by atoms with Crippen molar-refractivity contribution in [1.82, 2.24) is 20.2 Å². The third-order valence-electron chi connectivity index (χ3n) is 3.15. The highest BCUT2D eigenvalue weighted by Crippen LogP contribution is 2.26. The van der Waals surface area contributed by atoms with E-state index in [1.54, 1.807) is 6.92 Å². The van der Waals surface area contributed by atoms with Crippen molar-refractivity contribution < 1.29 is 14.7 Å². The maximum atomic E-state index is 12.2. The van der Waals surface area contributed by atoms with Gasteiger partial charge in [-0.15, -0.1) is 11.3 Å². The Morgan fingerprint density at radius 1 is 1.39 bits per heavy atom. The molecule has 2 heterocycles. The van der Waals surface area contributed by atoms with Gasteiger partial charge in [-0.25, -0.2) is 4.98 Å². The van der Waals surface area contributed by atoms with Gasteiger partial charge in [0.25, 0.3) is 11.5 Å². The zero-order valence-corrected chi connectivity index (χ0v) is 13.9. The van der Waals surface area contributed by atoms with E-state index in [0.29, 0.717) is 33.0 Å². The topological polar surface area (TPSA) is 115 Å². The molecule has 3 N–H and O–H groups in total. The molecule has 0 spiro atoms. The third-order valence-corrected chi connectivity index (χ3v) is 4.33. The average molecular weight is 338 g/mol. The lowest BCUT2D eigenvalue weighted by atomic mass is 10.2. The van der Waals surface area contributed by atoms with Crippen LogP contribution in [0.2, 0.25) is 0 Å². The molecule has 8 nitrogen and oxygen atoms in total. The van der Waals surface area contributed by atoms with Crippen molar-refractivity contribution in [3.05, 3.63) is 26.6 Å². The number of carboxylic acid groups (broad SMARTS) is 1. The summed E-state index contributed by atoms with van der Waals surface area (Å²) in [4.78, 5) is 44.7. The van der Waals surface area contributed by atoms with E-state index < -0.39 is 5.97 Å². The molecule has 0 saturated carbocycles. The molecule has 2 aromatic rings. The summed E-state index contributed by atoms with van der Waals surface area (Å²) in [6.45, 7) is 2.22. The summed E-state index contributed by atoms with van der Waals surface area (Å²) in [6.07, 6.45) is -0.151. The monoisotopic (exact) mass is 338 g/mol. The van der Waals surface area contributed by atoms with E-state index in [4.69, 9.17) is 5.11 Å². The number of hydrogen-bond donors (Lipinski definition) is 3. The minimum absolute atomic E-state index is 0.0392. The Labute approximate surface area is 136 Å². The van der Waals surface area contributed by atoms with Crippen LogP contribution in [0.15, 0.2) is 4.79 Å². The van der Waals surface area contributed by atoms with Crippen LogP contribution in [0.3, 0.4) is 0 Å². The van der Waals surface area contributed by atoms with E-state index in [1.807, 2.05) is 19.0 Å². The molecule has 0 aliphatic rings. The second kappa shape index (κ2) is 6.88. The molecule has 2 aromatic heterocycles. The average Bonchev–Trinajstić information content (AvgIpc) is 2.75. The van der Waals surface area contributed by atoms with Gasteiger partial charge in [-0.3, -0.25) is 14.4 Å². The molecule has 0 radical (unpaired) electrons. The van der Waals surface area contributed by atoms with E-state index in [0.717, 1.165) is 11.3 Å². The maximum absolute atomic E-state index is 12.2. The Balaban J connectivity index is 2.33. The van der Waals surface area contributed by atoms with E-state index in [9.17, 15) is 14.4 Å². The summed E-state index contributed by atoms with van der Waals surface area (Å²) in [5.41, 5.74) is 0.285. The molecule has 0 fully saturated rings. The first-order chi connectivity index (χ1) is 10.8. The van der Waals surface area contributed by atoms with Gasteiger partial charge in [0.05, 0.1) is 23.2 Å². The van der Waals surface area contributed by atoms with Gasteiger partial charge in [0.15, 0.2) is 0 Å². The number of aromatic nitrogens is 2. The first-order valence-corrected chi connectivity index (χ1v) is 7.78. The van der Waals surface area contributed by atoms with Gasteiger partial charge in [-0.05, 0) is 26.6 Å². The summed E-state index contributed by atoms with van der Waals surface area (Å²) < 4.78 is 0. The van der Waals surface area contributed by atoms with Crippen LogP contribution in [-0.4, -0.2) is 52.5 Å². The van der Waals surface area contributed by atoms with Crippen LogP contribution < -0.4 is 10.9 Å². The van der Waals surface area contributed by atoms with Crippen LogP contribution in [0.4, 0.5) is 0 Å². The molecule has 23 heavy (non-hydrogen) atoms. The molecule has 0 saturated heterocycles. The van der Waals surface area contributed by atoms with Crippen LogP contribution in [0.1, 0.15) is 27.5 Å². The van der Waals surface area contributed by atoms with Gasteiger partial charge in [0.2, 0.25) is 0 Å². The number of aromatic amines is 1. The number of carbonyl (C=O) groups is 2. The predicted molar refractivity (Wildman–Crippen MR) is 87.0 cm³/mol. The Kier molecular flexibility index (Phi) is 5.12. The van der Waals surface area contributed by atoms with E-state index in [-0.39, 0.29) is 24.4 Å². The Bertz CT molecular complexity index is 809. The first kappa shape index (κ1) is 17.1. The third kappa shape index (κ3) is 3.93. The highest BCUT2D eigenvalue weighted by molar-refractivity contribution is 7.20. The Morgan fingerprint density at radius 3 is 2.70 bits per heavy atom.